The monoisotopic (exact) mass is 848 g/mol. The molecule has 0 spiro atoms. The molecule has 0 radical (unpaired) electrons. The van der Waals surface area contributed by atoms with Crippen LogP contribution < -0.4 is 5.32 Å². The van der Waals surface area contributed by atoms with Gasteiger partial charge in [0.25, 0.3) is 0 Å². The van der Waals surface area contributed by atoms with Crippen molar-refractivity contribution in [1.29, 1.82) is 0 Å². The van der Waals surface area contributed by atoms with Gasteiger partial charge in [-0.25, -0.2) is 0 Å². The Hall–Kier alpha value is -1.40. The van der Waals surface area contributed by atoms with E-state index in [2.05, 4.69) is 19.2 Å². The number of carbonyl (C=O) groups is 2. The second-order valence-electron chi connectivity index (χ2n) is 18.6. The van der Waals surface area contributed by atoms with Crippen molar-refractivity contribution in [2.75, 3.05) is 13.2 Å². The van der Waals surface area contributed by atoms with Crippen molar-refractivity contribution in [1.82, 2.24) is 5.32 Å². The summed E-state index contributed by atoms with van der Waals surface area (Å²) >= 11 is 0. The first-order chi connectivity index (χ1) is 29.5. The normalized spacial score (nSPS) is 12.7. The molecule has 0 saturated heterocycles. The number of carbonyl (C=O) groups excluding carboxylic acids is 2. The number of rotatable bonds is 50. The van der Waals surface area contributed by atoms with Crippen molar-refractivity contribution in [2.45, 2.75) is 309 Å². The molecule has 0 aromatic heterocycles. The van der Waals surface area contributed by atoms with Crippen molar-refractivity contribution in [2.24, 2.45) is 0 Å². The van der Waals surface area contributed by atoms with Crippen molar-refractivity contribution < 1.29 is 24.5 Å². The van der Waals surface area contributed by atoms with E-state index in [1.165, 1.54) is 225 Å². The molecule has 60 heavy (non-hydrogen) atoms. The predicted molar refractivity (Wildman–Crippen MR) is 260 cm³/mol. The van der Waals surface area contributed by atoms with Crippen molar-refractivity contribution in [3.8, 4) is 0 Å². The van der Waals surface area contributed by atoms with E-state index in [4.69, 9.17) is 4.74 Å². The molecule has 3 N–H and O–H groups in total. The average molecular weight is 848 g/mol. The van der Waals surface area contributed by atoms with E-state index in [1.807, 2.05) is 6.08 Å². The number of aliphatic hydroxyl groups is 2. The summed E-state index contributed by atoms with van der Waals surface area (Å²) in [6.45, 7) is 4.89. The zero-order valence-corrected chi connectivity index (χ0v) is 40.5. The van der Waals surface area contributed by atoms with Gasteiger partial charge in [-0.2, -0.15) is 0 Å². The van der Waals surface area contributed by atoms with Gasteiger partial charge in [0.2, 0.25) is 5.91 Å². The van der Waals surface area contributed by atoms with Crippen LogP contribution in [0.15, 0.2) is 12.2 Å². The molecule has 0 aliphatic rings. The summed E-state index contributed by atoms with van der Waals surface area (Å²) in [7, 11) is 0. The number of nitrogens with one attached hydrogen (secondary N) is 1. The van der Waals surface area contributed by atoms with E-state index in [1.54, 1.807) is 6.08 Å². The summed E-state index contributed by atoms with van der Waals surface area (Å²) in [5, 5.41) is 23.1. The van der Waals surface area contributed by atoms with Gasteiger partial charge in [0.05, 0.1) is 25.4 Å². The van der Waals surface area contributed by atoms with Gasteiger partial charge in [0.1, 0.15) is 0 Å². The second-order valence-corrected chi connectivity index (χ2v) is 18.6. The molecule has 0 rings (SSSR count). The zero-order chi connectivity index (χ0) is 43.7. The molecule has 0 bridgehead atoms. The van der Waals surface area contributed by atoms with Gasteiger partial charge in [0, 0.05) is 12.8 Å². The van der Waals surface area contributed by atoms with Gasteiger partial charge < -0.3 is 20.3 Å². The fourth-order valence-electron chi connectivity index (χ4n) is 8.40. The van der Waals surface area contributed by atoms with E-state index in [0.717, 1.165) is 44.9 Å². The van der Waals surface area contributed by atoms with Crippen LogP contribution in [0.4, 0.5) is 0 Å². The summed E-state index contributed by atoms with van der Waals surface area (Å²) in [5.74, 6) is -0.0749. The largest absolute Gasteiger partial charge is 0.466 e. The highest BCUT2D eigenvalue weighted by Crippen LogP contribution is 2.17. The molecular formula is C54H105NO5. The fraction of sp³-hybridized carbons (Fsp3) is 0.926. The van der Waals surface area contributed by atoms with Gasteiger partial charge in [0.15, 0.2) is 0 Å². The topological polar surface area (TPSA) is 95.9 Å². The Balaban J connectivity index is 3.47. The van der Waals surface area contributed by atoms with Gasteiger partial charge >= 0.3 is 5.97 Å². The fourth-order valence-corrected chi connectivity index (χ4v) is 8.40. The number of allylic oxidation sites excluding steroid dienone is 1. The lowest BCUT2D eigenvalue weighted by molar-refractivity contribution is -0.143. The molecule has 356 valence electrons. The summed E-state index contributed by atoms with van der Waals surface area (Å²) in [6.07, 6.45) is 57.8. The molecule has 6 nitrogen and oxygen atoms in total. The minimum absolute atomic E-state index is 0.000452. The van der Waals surface area contributed by atoms with Crippen molar-refractivity contribution in [3.63, 3.8) is 0 Å². The Kier molecular flexibility index (Phi) is 49.1. The van der Waals surface area contributed by atoms with Gasteiger partial charge in [-0.05, 0) is 32.1 Å². The van der Waals surface area contributed by atoms with Crippen LogP contribution in [0.2, 0.25) is 0 Å². The smallest absolute Gasteiger partial charge is 0.305 e. The Morgan fingerprint density at radius 2 is 0.767 bits per heavy atom. The molecule has 0 aliphatic carbocycles. The van der Waals surface area contributed by atoms with Crippen LogP contribution in [0.1, 0.15) is 296 Å². The Morgan fingerprint density at radius 3 is 1.13 bits per heavy atom. The van der Waals surface area contributed by atoms with E-state index in [0.29, 0.717) is 19.4 Å². The second kappa shape index (κ2) is 50.2. The molecule has 2 unspecified atom stereocenters. The third kappa shape index (κ3) is 46.1. The number of hydrogen-bond acceptors (Lipinski definition) is 5. The number of aliphatic hydroxyl groups excluding tert-OH is 2. The van der Waals surface area contributed by atoms with Crippen LogP contribution >= 0.6 is 0 Å². The maximum Gasteiger partial charge on any atom is 0.305 e. The molecule has 0 aliphatic heterocycles. The van der Waals surface area contributed by atoms with Gasteiger partial charge in [-0.1, -0.05) is 264 Å². The maximum absolute atomic E-state index is 12.4. The van der Waals surface area contributed by atoms with Crippen LogP contribution in [0, 0.1) is 0 Å². The number of amides is 1. The van der Waals surface area contributed by atoms with Crippen molar-refractivity contribution >= 4 is 11.9 Å². The Labute approximate surface area is 374 Å². The minimum Gasteiger partial charge on any atom is -0.466 e. The number of ether oxygens (including phenoxy) is 1. The van der Waals surface area contributed by atoms with Crippen LogP contribution in [0.5, 0.6) is 0 Å². The lowest BCUT2D eigenvalue weighted by atomic mass is 10.0. The molecular weight excluding hydrogens is 743 g/mol. The average Bonchev–Trinajstić information content (AvgIpc) is 3.25. The van der Waals surface area contributed by atoms with Crippen LogP contribution in [0.3, 0.4) is 0 Å². The Morgan fingerprint density at radius 1 is 0.450 bits per heavy atom. The quantitative estimate of drug-likeness (QED) is 0.0322. The molecule has 6 heteroatoms. The van der Waals surface area contributed by atoms with Crippen LogP contribution in [0.25, 0.3) is 0 Å². The maximum atomic E-state index is 12.4. The third-order valence-corrected chi connectivity index (χ3v) is 12.6. The van der Waals surface area contributed by atoms with E-state index >= 15 is 0 Å². The lowest BCUT2D eigenvalue weighted by Crippen LogP contribution is -2.45. The first kappa shape index (κ1) is 58.6. The third-order valence-electron chi connectivity index (χ3n) is 12.6. The zero-order valence-electron chi connectivity index (χ0n) is 40.5. The molecule has 2 atom stereocenters. The first-order valence-electron chi connectivity index (χ1n) is 27.0. The number of esters is 1. The van der Waals surface area contributed by atoms with Crippen LogP contribution in [-0.4, -0.2) is 47.4 Å². The van der Waals surface area contributed by atoms with Crippen molar-refractivity contribution in [3.05, 3.63) is 12.2 Å². The summed E-state index contributed by atoms with van der Waals surface area (Å²) in [4.78, 5) is 24.4. The SMILES string of the molecule is CCCCCCCCCCCCCCCCC/C=C/C(O)C(CO)NC(=O)CCCCCCCCCCCCCCCCCOC(=O)CCCCCCCCCCCCC. The molecule has 0 fully saturated rings. The van der Waals surface area contributed by atoms with E-state index < -0.39 is 12.1 Å². The number of unbranched alkanes of at least 4 members (excludes halogenated alkanes) is 39. The Bertz CT molecular complexity index is 893. The van der Waals surface area contributed by atoms with Gasteiger partial charge in [-0.15, -0.1) is 0 Å². The molecule has 0 heterocycles. The molecule has 0 aromatic carbocycles. The standard InChI is InChI=1S/C54H105NO5/c1-3-5-7-9-11-13-15-16-17-18-20-23-27-30-34-38-42-46-52(57)51(50-56)55-53(58)47-43-39-35-31-28-24-21-19-22-25-29-33-37-41-45-49-60-54(59)48-44-40-36-32-26-14-12-10-8-6-4-2/h42,46,51-52,56-57H,3-41,43-45,47-50H2,1-2H3,(H,55,58)/b46-42+. The lowest BCUT2D eigenvalue weighted by Gasteiger charge is -2.20. The van der Waals surface area contributed by atoms with E-state index in [-0.39, 0.29) is 18.5 Å². The van der Waals surface area contributed by atoms with Crippen LogP contribution in [-0.2, 0) is 14.3 Å². The van der Waals surface area contributed by atoms with Gasteiger partial charge in [-0.3, -0.25) is 9.59 Å². The molecule has 0 aromatic rings. The highest BCUT2D eigenvalue weighted by atomic mass is 16.5. The molecule has 0 saturated carbocycles. The summed E-state index contributed by atoms with van der Waals surface area (Å²) < 4.78 is 5.45. The molecule has 1 amide bonds. The summed E-state index contributed by atoms with van der Waals surface area (Å²) in [6, 6.07) is -0.633. The summed E-state index contributed by atoms with van der Waals surface area (Å²) in [5.41, 5.74) is 0. The highest BCUT2D eigenvalue weighted by Gasteiger charge is 2.18. The first-order valence-corrected chi connectivity index (χ1v) is 27.0. The van der Waals surface area contributed by atoms with E-state index in [9.17, 15) is 19.8 Å². The highest BCUT2D eigenvalue weighted by molar-refractivity contribution is 5.76. The number of hydrogen-bond donors (Lipinski definition) is 3. The predicted octanol–water partition coefficient (Wildman–Crippen LogP) is 16.1. The minimum atomic E-state index is -0.849.